The number of carbonyl (C=O) groups is 1. The lowest BCUT2D eigenvalue weighted by Crippen LogP contribution is -2.28. The van der Waals surface area contributed by atoms with Gasteiger partial charge in [-0.1, -0.05) is 35.6 Å². The zero-order valence-electron chi connectivity index (χ0n) is 17.8. The van der Waals surface area contributed by atoms with Crippen LogP contribution in [0.5, 0.6) is 0 Å². The van der Waals surface area contributed by atoms with Crippen molar-refractivity contribution in [1.82, 2.24) is 4.98 Å². The first-order chi connectivity index (χ1) is 15.9. The van der Waals surface area contributed by atoms with Gasteiger partial charge in [-0.25, -0.2) is 23.6 Å². The Bertz CT molecular complexity index is 1270. The number of fused-ring (bicyclic) bond motifs is 1. The van der Waals surface area contributed by atoms with Crippen molar-refractivity contribution in [3.05, 3.63) is 87.4 Å². The second-order valence-electron chi connectivity index (χ2n) is 8.26. The number of aromatic carboxylic acids is 1. The van der Waals surface area contributed by atoms with Crippen LogP contribution in [0.2, 0.25) is 0 Å². The molecule has 1 N–H and O–H groups in total. The van der Waals surface area contributed by atoms with E-state index in [0.717, 1.165) is 53.0 Å². The molecule has 33 heavy (non-hydrogen) atoms. The van der Waals surface area contributed by atoms with Gasteiger partial charge >= 0.3 is 5.97 Å². The highest BCUT2D eigenvalue weighted by Gasteiger charge is 2.43. The second-order valence-corrected chi connectivity index (χ2v) is 9.24. The summed E-state index contributed by atoms with van der Waals surface area (Å²) in [5.41, 5.74) is 4.22. The van der Waals surface area contributed by atoms with Gasteiger partial charge in [-0.15, -0.1) is 0 Å². The van der Waals surface area contributed by atoms with E-state index < -0.39 is 5.97 Å². The van der Waals surface area contributed by atoms with Crippen LogP contribution in [0.15, 0.2) is 59.2 Å². The number of anilines is 1. The molecule has 0 radical (unpaired) electrons. The SMILES string of the molecule is Cc1nc(N2N=C3C(=Cc4ccc(F)cc4)CCCC3C2c2ccc(F)cc2)sc1C(=O)O. The van der Waals surface area contributed by atoms with Crippen LogP contribution >= 0.6 is 11.3 Å². The van der Waals surface area contributed by atoms with Gasteiger partial charge in [-0.2, -0.15) is 5.10 Å². The van der Waals surface area contributed by atoms with Crippen LogP contribution in [0.3, 0.4) is 0 Å². The Labute approximate surface area is 193 Å². The van der Waals surface area contributed by atoms with Gasteiger partial charge in [0.2, 0.25) is 5.13 Å². The molecule has 1 fully saturated rings. The fourth-order valence-electron chi connectivity index (χ4n) is 4.59. The summed E-state index contributed by atoms with van der Waals surface area (Å²) in [6, 6.07) is 12.5. The quantitative estimate of drug-likeness (QED) is 0.496. The summed E-state index contributed by atoms with van der Waals surface area (Å²) in [5, 5.41) is 16.7. The number of benzene rings is 2. The number of nitrogens with zero attached hydrogens (tertiary/aromatic N) is 3. The average molecular weight is 466 g/mol. The highest BCUT2D eigenvalue weighted by atomic mass is 32.1. The molecule has 2 aliphatic rings. The minimum Gasteiger partial charge on any atom is -0.477 e. The van der Waals surface area contributed by atoms with Crippen molar-refractivity contribution in [2.75, 3.05) is 5.01 Å². The number of rotatable bonds is 4. The van der Waals surface area contributed by atoms with Crippen molar-refractivity contribution in [2.24, 2.45) is 11.0 Å². The Hall–Kier alpha value is -3.39. The van der Waals surface area contributed by atoms with Gasteiger partial charge in [0.05, 0.1) is 17.4 Å². The van der Waals surface area contributed by atoms with Gasteiger partial charge < -0.3 is 5.11 Å². The highest BCUT2D eigenvalue weighted by Crippen LogP contribution is 2.47. The fraction of sp³-hybridized carbons (Fsp3) is 0.240. The second kappa shape index (κ2) is 8.51. The molecule has 0 saturated heterocycles. The van der Waals surface area contributed by atoms with Crippen molar-refractivity contribution >= 4 is 34.2 Å². The van der Waals surface area contributed by atoms with Gasteiger partial charge in [0.15, 0.2) is 0 Å². The molecule has 2 unspecified atom stereocenters. The molecule has 2 atom stereocenters. The van der Waals surface area contributed by atoms with E-state index in [1.54, 1.807) is 36.2 Å². The number of thiazole rings is 1. The molecule has 8 heteroatoms. The summed E-state index contributed by atoms with van der Waals surface area (Å²) < 4.78 is 27.0. The topological polar surface area (TPSA) is 65.8 Å². The van der Waals surface area contributed by atoms with Crippen LogP contribution in [0, 0.1) is 24.5 Å². The van der Waals surface area contributed by atoms with E-state index in [1.807, 2.05) is 6.08 Å². The molecule has 0 spiro atoms. The third kappa shape index (κ3) is 4.06. The molecule has 0 bridgehead atoms. The third-order valence-electron chi connectivity index (χ3n) is 6.10. The van der Waals surface area contributed by atoms with E-state index in [4.69, 9.17) is 5.10 Å². The molecule has 1 aliphatic carbocycles. The van der Waals surface area contributed by atoms with Gasteiger partial charge in [0.1, 0.15) is 16.5 Å². The average Bonchev–Trinajstić information content (AvgIpc) is 3.37. The highest BCUT2D eigenvalue weighted by molar-refractivity contribution is 7.17. The van der Waals surface area contributed by atoms with Crippen LogP contribution in [-0.2, 0) is 0 Å². The van der Waals surface area contributed by atoms with E-state index in [1.165, 1.54) is 24.3 Å². The molecule has 1 aliphatic heterocycles. The number of carboxylic acids is 1. The Morgan fingerprint density at radius 2 is 1.79 bits per heavy atom. The number of allylic oxidation sites excluding steroid dienone is 1. The molecule has 1 aromatic heterocycles. The minimum atomic E-state index is -1.02. The Balaban J connectivity index is 1.60. The molecule has 1 saturated carbocycles. The molecule has 168 valence electrons. The normalized spacial score (nSPS) is 21.2. The van der Waals surface area contributed by atoms with E-state index in [2.05, 4.69) is 4.98 Å². The van der Waals surface area contributed by atoms with Crippen molar-refractivity contribution in [3.63, 3.8) is 0 Å². The van der Waals surface area contributed by atoms with Gasteiger partial charge in [0.25, 0.3) is 0 Å². The molecule has 5 nitrogen and oxygen atoms in total. The van der Waals surface area contributed by atoms with Crippen LogP contribution in [0.25, 0.3) is 6.08 Å². The summed E-state index contributed by atoms with van der Waals surface area (Å²) in [6.07, 6.45) is 4.73. The fourth-order valence-corrected chi connectivity index (χ4v) is 5.48. The van der Waals surface area contributed by atoms with Gasteiger partial charge in [0, 0.05) is 5.92 Å². The molecule has 2 heterocycles. The summed E-state index contributed by atoms with van der Waals surface area (Å²) in [4.78, 5) is 16.3. The van der Waals surface area contributed by atoms with Crippen molar-refractivity contribution in [1.29, 1.82) is 0 Å². The van der Waals surface area contributed by atoms with Gasteiger partial charge in [-0.3, -0.25) is 0 Å². The molecular formula is C25H21F2N3O2S. The first-order valence-electron chi connectivity index (χ1n) is 10.7. The number of halogens is 2. The van der Waals surface area contributed by atoms with E-state index in [9.17, 15) is 18.7 Å². The van der Waals surface area contributed by atoms with Crippen molar-refractivity contribution in [3.8, 4) is 0 Å². The molecular weight excluding hydrogens is 444 g/mol. The Morgan fingerprint density at radius 1 is 1.12 bits per heavy atom. The maximum atomic E-state index is 13.7. The zero-order valence-corrected chi connectivity index (χ0v) is 18.6. The lowest BCUT2D eigenvalue weighted by Gasteiger charge is -2.29. The molecule has 2 aromatic carbocycles. The monoisotopic (exact) mass is 465 g/mol. The predicted molar refractivity (Wildman–Crippen MR) is 125 cm³/mol. The summed E-state index contributed by atoms with van der Waals surface area (Å²) >= 11 is 1.09. The summed E-state index contributed by atoms with van der Waals surface area (Å²) in [5.74, 6) is -1.57. The van der Waals surface area contributed by atoms with E-state index >= 15 is 0 Å². The van der Waals surface area contributed by atoms with Crippen LogP contribution in [0.4, 0.5) is 13.9 Å². The zero-order chi connectivity index (χ0) is 23.1. The maximum absolute atomic E-state index is 13.7. The minimum absolute atomic E-state index is 0.0494. The van der Waals surface area contributed by atoms with E-state index in [0.29, 0.717) is 10.8 Å². The maximum Gasteiger partial charge on any atom is 0.347 e. The smallest absolute Gasteiger partial charge is 0.347 e. The van der Waals surface area contributed by atoms with Crippen LogP contribution in [-0.4, -0.2) is 21.8 Å². The Kier molecular flexibility index (Phi) is 5.54. The lowest BCUT2D eigenvalue weighted by atomic mass is 9.77. The standard InChI is InChI=1S/C25H21F2N3O2S/c1-14-23(24(31)32)33-25(28-14)30-22(16-7-11-19(27)12-8-16)20-4-2-3-17(21(20)29-30)13-15-5-9-18(26)10-6-15/h5-13,20,22H,2-4H2,1H3,(H,31,32). The number of hydrogen-bond acceptors (Lipinski definition) is 5. The summed E-state index contributed by atoms with van der Waals surface area (Å²) in [7, 11) is 0. The Morgan fingerprint density at radius 3 is 2.42 bits per heavy atom. The molecule has 5 rings (SSSR count). The van der Waals surface area contributed by atoms with Crippen LogP contribution < -0.4 is 5.01 Å². The number of aryl methyl sites for hydroxylation is 1. The lowest BCUT2D eigenvalue weighted by molar-refractivity contribution is 0.0701. The number of carboxylic acid groups (broad SMARTS) is 1. The van der Waals surface area contributed by atoms with Crippen molar-refractivity contribution in [2.45, 2.75) is 32.2 Å². The number of hydrogen-bond donors (Lipinski definition) is 1. The number of hydrazone groups is 1. The molecule has 3 aromatic rings. The van der Waals surface area contributed by atoms with Gasteiger partial charge in [-0.05, 0) is 73.2 Å². The van der Waals surface area contributed by atoms with Crippen molar-refractivity contribution < 1.29 is 18.7 Å². The summed E-state index contributed by atoms with van der Waals surface area (Å²) in [6.45, 7) is 1.67. The van der Waals surface area contributed by atoms with Crippen LogP contribution in [0.1, 0.15) is 51.8 Å². The predicted octanol–water partition coefficient (Wildman–Crippen LogP) is 6.23. The van der Waals surface area contributed by atoms with E-state index in [-0.39, 0.29) is 28.5 Å². The number of aromatic nitrogens is 1. The largest absolute Gasteiger partial charge is 0.477 e. The third-order valence-corrected chi connectivity index (χ3v) is 7.23. The molecule has 0 amide bonds. The first kappa shape index (κ1) is 21.5. The first-order valence-corrected chi connectivity index (χ1v) is 11.5.